The van der Waals surface area contributed by atoms with E-state index < -0.39 is 43.6 Å². The number of benzene rings is 2. The van der Waals surface area contributed by atoms with Crippen molar-refractivity contribution in [3.8, 4) is 56.3 Å². The van der Waals surface area contributed by atoms with E-state index in [9.17, 15) is 46.2 Å². The molecule has 2 aromatic carbocycles. The summed E-state index contributed by atoms with van der Waals surface area (Å²) in [6.45, 7) is 0. The number of H-pyrrole nitrogens is 2. The number of hydrogen-bond acceptors (Lipinski definition) is 18. The van der Waals surface area contributed by atoms with Crippen LogP contribution in [-0.2, 0) is 38.9 Å². The second-order valence-corrected chi connectivity index (χ2v) is 17.2. The van der Waals surface area contributed by atoms with Crippen LogP contribution in [0.3, 0.4) is 0 Å². The van der Waals surface area contributed by atoms with Crippen LogP contribution in [-0.4, -0.2) is 112 Å². The molecule has 0 aliphatic carbocycles. The summed E-state index contributed by atoms with van der Waals surface area (Å²) in [7, 11) is -1.26. The van der Waals surface area contributed by atoms with E-state index in [1.165, 1.54) is 12.5 Å². The molecule has 6 aromatic rings. The number of carboxylic acid groups (broad SMARTS) is 4. The van der Waals surface area contributed by atoms with Gasteiger partial charge >= 0.3 is 23.7 Å². The van der Waals surface area contributed by atoms with Crippen LogP contribution >= 0.6 is 0 Å². The van der Waals surface area contributed by atoms with Crippen LogP contribution in [0.15, 0.2) is 144 Å². The van der Waals surface area contributed by atoms with Crippen LogP contribution in [0.25, 0.3) is 44.5 Å². The number of pyridine rings is 4. The Balaban J connectivity index is 0.000000509. The van der Waals surface area contributed by atoms with Crippen molar-refractivity contribution in [2.24, 2.45) is 0 Å². The normalized spacial score (nSPS) is 10.4. The van der Waals surface area contributed by atoms with E-state index in [0.29, 0.717) is 47.7 Å². The first-order valence-corrected chi connectivity index (χ1v) is 23.2. The highest BCUT2D eigenvalue weighted by atomic mass is 32.2. The van der Waals surface area contributed by atoms with Gasteiger partial charge in [0.2, 0.25) is 0 Å². The highest BCUT2D eigenvalue weighted by Crippen LogP contribution is 2.31. The molecule has 70 heavy (non-hydrogen) atoms. The summed E-state index contributed by atoms with van der Waals surface area (Å²) in [6, 6.07) is 24.6. The van der Waals surface area contributed by atoms with Crippen LogP contribution in [0.1, 0.15) is 0 Å². The van der Waals surface area contributed by atoms with Gasteiger partial charge in [0.25, 0.3) is 0 Å². The summed E-state index contributed by atoms with van der Waals surface area (Å²) in [5, 5.41) is 48.5. The quantitative estimate of drug-likeness (QED) is 0.0905. The number of carbonyl (C=O) groups excluding carboxylic acids is 2. The number of nitrogens with one attached hydrogen (secondary N) is 2. The lowest BCUT2D eigenvalue weighted by Gasteiger charge is -2.08. The van der Waals surface area contributed by atoms with Gasteiger partial charge in [-0.15, -0.1) is 0 Å². The first kappa shape index (κ1) is 59.4. The number of aliphatic carboxylic acids is 4. The predicted molar refractivity (Wildman–Crippen MR) is 251 cm³/mol. The maximum absolute atomic E-state index is 11.6. The van der Waals surface area contributed by atoms with E-state index in [-0.39, 0.29) is 9.79 Å². The number of nitrogen functional groups attached to an aromatic ring is 2. The Bertz CT molecular complexity index is 2720. The molecular formula is C46H50N6O16S2. The number of anilines is 2. The lowest BCUT2D eigenvalue weighted by molar-refractivity contribution is -0.392. The number of aliphatic hydroxyl groups is 2. The second-order valence-electron chi connectivity index (χ2n) is 13.2. The van der Waals surface area contributed by atoms with E-state index in [2.05, 4.69) is 19.9 Å². The summed E-state index contributed by atoms with van der Waals surface area (Å²) in [5.74, 6) is -3.50. The first-order chi connectivity index (χ1) is 33.0. The van der Waals surface area contributed by atoms with Gasteiger partial charge < -0.3 is 61.2 Å². The molecule has 0 aliphatic rings. The number of nitrogens with two attached hydrogens (primary N) is 2. The Hall–Kier alpha value is -8.58. The molecular weight excluding hydrogens is 957 g/mol. The molecule has 0 amide bonds. The van der Waals surface area contributed by atoms with Gasteiger partial charge in [0.05, 0.1) is 48.1 Å². The zero-order valence-electron chi connectivity index (χ0n) is 38.3. The molecule has 4 heterocycles. The van der Waals surface area contributed by atoms with Gasteiger partial charge in [0, 0.05) is 84.7 Å². The average Bonchev–Trinajstić information content (AvgIpc) is 3.34. The number of aromatic nitrogens is 4. The summed E-state index contributed by atoms with van der Waals surface area (Å²) >= 11 is 0. The van der Waals surface area contributed by atoms with Gasteiger partial charge in [-0.05, 0) is 71.8 Å². The van der Waals surface area contributed by atoms with Crippen LogP contribution in [0.2, 0.25) is 0 Å². The maximum atomic E-state index is 11.6. The number of hydrogen-bond donors (Lipinski definition) is 6. The van der Waals surface area contributed by atoms with Gasteiger partial charge in [-0.25, -0.2) is 36.4 Å². The lowest BCUT2D eigenvalue weighted by Crippen LogP contribution is -2.23. The SMILES string of the molecule is CO.CO.COc1ccc(-c2cc(-c3ccc(S(C)(=O)=O)cc3)cnc2N)c[nH+]1.COc1ccc(-c2cc(-c3ccc(S(C)(=O)=O)cc3)cnc2N)c[nH+]1.O=C(O)/C=C/C(=O)O.O=C([O-])/C=C/C(=O)[O-]. The Morgan fingerprint density at radius 1 is 0.529 bits per heavy atom. The second kappa shape index (κ2) is 29.2. The standard InChI is InChI=1S/2C18H17N3O3S.2C4H4O4.2CH4O/c2*1-24-17-8-5-13(10-20-17)16-9-14(11-21-18(16)19)12-3-6-15(7-4-12)25(2,22)23;2*5-3(6)1-2-4(7)8;2*1-2/h2*3-11H,1-2H3,(H2,19,21);2*1-2H,(H,5,6)(H,7,8);2*2H,1H3/b;;2*2-1+;;. The smallest absolute Gasteiger partial charge is 0.365 e. The molecule has 0 spiro atoms. The van der Waals surface area contributed by atoms with Crippen LogP contribution in [0.4, 0.5) is 11.6 Å². The van der Waals surface area contributed by atoms with Crippen LogP contribution in [0.5, 0.6) is 11.8 Å². The van der Waals surface area contributed by atoms with Gasteiger partial charge in [-0.2, -0.15) is 9.97 Å². The maximum Gasteiger partial charge on any atom is 0.365 e. The van der Waals surface area contributed by atoms with Crippen LogP contribution < -0.4 is 41.1 Å². The minimum Gasteiger partial charge on any atom is -0.545 e. The van der Waals surface area contributed by atoms with Crippen molar-refractivity contribution >= 4 is 55.2 Å². The molecule has 372 valence electrons. The van der Waals surface area contributed by atoms with Crippen LogP contribution in [0, 0.1) is 0 Å². The van der Waals surface area contributed by atoms with E-state index in [1.54, 1.807) is 87.5 Å². The first-order valence-electron chi connectivity index (χ1n) is 19.4. The van der Waals surface area contributed by atoms with E-state index >= 15 is 0 Å². The van der Waals surface area contributed by atoms with Gasteiger partial charge in [0.1, 0.15) is 11.6 Å². The van der Waals surface area contributed by atoms with Crippen molar-refractivity contribution in [3.05, 3.63) is 134 Å². The number of ether oxygens (including phenoxy) is 2. The highest BCUT2D eigenvalue weighted by Gasteiger charge is 2.14. The molecule has 24 heteroatoms. The van der Waals surface area contributed by atoms with E-state index in [4.69, 9.17) is 41.4 Å². The van der Waals surface area contributed by atoms with E-state index in [0.717, 1.165) is 58.7 Å². The number of carboxylic acids is 4. The Morgan fingerprint density at radius 2 is 0.829 bits per heavy atom. The predicted octanol–water partition coefficient (Wildman–Crippen LogP) is 0.419. The molecule has 0 saturated carbocycles. The van der Waals surface area contributed by atoms with Crippen molar-refractivity contribution in [3.63, 3.8) is 0 Å². The number of nitrogens with zero attached hydrogens (tertiary/aromatic N) is 2. The number of carbonyl (C=O) groups is 4. The highest BCUT2D eigenvalue weighted by molar-refractivity contribution is 7.91. The van der Waals surface area contributed by atoms with Gasteiger partial charge in [0.15, 0.2) is 32.1 Å². The van der Waals surface area contributed by atoms with Crippen molar-refractivity contribution in [1.82, 2.24) is 9.97 Å². The fraction of sp³-hybridized carbons (Fsp3) is 0.130. The molecule has 0 radical (unpaired) electrons. The number of methoxy groups -OCH3 is 2. The molecule has 4 aromatic heterocycles. The van der Waals surface area contributed by atoms with Crippen molar-refractivity contribution in [1.29, 1.82) is 0 Å². The van der Waals surface area contributed by atoms with Crippen molar-refractivity contribution in [2.75, 3.05) is 52.4 Å². The fourth-order valence-corrected chi connectivity index (χ4v) is 6.47. The number of rotatable bonds is 12. The molecule has 0 fully saturated rings. The zero-order chi connectivity index (χ0) is 53.2. The summed E-state index contributed by atoms with van der Waals surface area (Å²) < 4.78 is 56.5. The molecule has 0 aliphatic heterocycles. The topological polar surface area (TPSA) is 388 Å². The van der Waals surface area contributed by atoms with Crippen molar-refractivity contribution in [2.45, 2.75) is 9.79 Å². The minimum absolute atomic E-state index is 0.282. The molecule has 0 unspecified atom stereocenters. The largest absolute Gasteiger partial charge is 0.545 e. The Labute approximate surface area is 402 Å². The third-order valence-electron chi connectivity index (χ3n) is 8.42. The molecule has 22 nitrogen and oxygen atoms in total. The molecule has 0 bridgehead atoms. The lowest BCUT2D eigenvalue weighted by atomic mass is 10.0. The minimum atomic E-state index is -3.22. The number of aliphatic hydroxyl groups excluding tert-OH is 2. The van der Waals surface area contributed by atoms with Gasteiger partial charge in [-0.1, -0.05) is 24.3 Å². The Kier molecular flexibility index (Phi) is 24.8. The fourth-order valence-electron chi connectivity index (χ4n) is 5.21. The van der Waals surface area contributed by atoms with Gasteiger partial charge in [-0.3, -0.25) is 0 Å². The molecule has 6 rings (SSSR count). The van der Waals surface area contributed by atoms with Crippen molar-refractivity contribution < 1.29 is 86.1 Å². The number of sulfone groups is 2. The zero-order valence-corrected chi connectivity index (χ0v) is 39.9. The molecule has 10 N–H and O–H groups in total. The molecule has 0 atom stereocenters. The monoisotopic (exact) mass is 1010 g/mol. The summed E-state index contributed by atoms with van der Waals surface area (Å²) in [6.07, 6.45) is 11.2. The summed E-state index contributed by atoms with van der Waals surface area (Å²) in [5.41, 5.74) is 18.8. The van der Waals surface area contributed by atoms with E-state index in [1.807, 2.05) is 36.4 Å². The molecule has 0 saturated heterocycles. The average molecular weight is 1010 g/mol. The third kappa shape index (κ3) is 20.5. The third-order valence-corrected chi connectivity index (χ3v) is 10.7. The number of aromatic amines is 2. The summed E-state index contributed by atoms with van der Waals surface area (Å²) in [4.78, 5) is 53.1. The Morgan fingerprint density at radius 3 is 1.06 bits per heavy atom.